The van der Waals surface area contributed by atoms with Gasteiger partial charge in [0.05, 0.1) is 0 Å². The Hall–Kier alpha value is -3.70. The molecule has 1 aliphatic carbocycles. The fraction of sp³-hybridized carbons (Fsp3) is 0.0769. The normalized spacial score (nSPS) is 17.1. The smallest absolute Gasteiger partial charge is 0.0456 e. The lowest BCUT2D eigenvalue weighted by molar-refractivity contribution is 1.01. The number of nitrogen functional groups attached to an aromatic ring is 1. The molecule has 0 fully saturated rings. The Labute approximate surface area is 166 Å². The summed E-state index contributed by atoms with van der Waals surface area (Å²) >= 11 is 0. The molecule has 2 heteroatoms. The summed E-state index contributed by atoms with van der Waals surface area (Å²) in [6.45, 7) is 0.788. The van der Waals surface area contributed by atoms with Gasteiger partial charge < -0.3 is 10.6 Å². The van der Waals surface area contributed by atoms with Gasteiger partial charge in [-0.15, -0.1) is 11.5 Å². The molecule has 0 atom stereocenters. The maximum absolute atomic E-state index is 5.84. The SMILES string of the molecule is Nc1ccc(C2=C=CC3=C(C=C2)N(c2ccccc2)C/C=C\C=C=CC3)cc1. The zero-order valence-corrected chi connectivity index (χ0v) is 15.7. The molecule has 1 heterocycles. The zero-order valence-electron chi connectivity index (χ0n) is 15.7. The van der Waals surface area contributed by atoms with Crippen LogP contribution in [0.15, 0.2) is 120 Å². The van der Waals surface area contributed by atoms with E-state index in [2.05, 4.69) is 71.0 Å². The first kappa shape index (κ1) is 17.7. The molecule has 2 aromatic carbocycles. The molecule has 28 heavy (non-hydrogen) atoms. The summed E-state index contributed by atoms with van der Waals surface area (Å²) in [6, 6.07) is 18.4. The lowest BCUT2D eigenvalue weighted by Crippen LogP contribution is -2.23. The Bertz CT molecular complexity index is 1070. The van der Waals surface area contributed by atoms with Crippen LogP contribution in [0.2, 0.25) is 0 Å². The molecule has 0 aromatic heterocycles. The molecule has 0 saturated heterocycles. The Morgan fingerprint density at radius 3 is 2.57 bits per heavy atom. The van der Waals surface area contributed by atoms with E-state index < -0.39 is 0 Å². The highest BCUT2D eigenvalue weighted by Gasteiger charge is 2.14. The number of nitrogens with zero attached hydrogens (tertiary/aromatic N) is 1. The van der Waals surface area contributed by atoms with Crippen molar-refractivity contribution in [3.63, 3.8) is 0 Å². The van der Waals surface area contributed by atoms with E-state index in [0.717, 1.165) is 29.8 Å². The van der Waals surface area contributed by atoms with Gasteiger partial charge in [-0.1, -0.05) is 42.5 Å². The molecular formula is C26H22N2. The molecule has 2 aliphatic rings. The van der Waals surface area contributed by atoms with Crippen molar-refractivity contribution in [1.82, 2.24) is 0 Å². The van der Waals surface area contributed by atoms with Crippen molar-refractivity contribution in [1.29, 1.82) is 0 Å². The van der Waals surface area contributed by atoms with Crippen LogP contribution < -0.4 is 10.6 Å². The number of hydrogen-bond donors (Lipinski definition) is 1. The Morgan fingerprint density at radius 2 is 1.75 bits per heavy atom. The van der Waals surface area contributed by atoms with Crippen molar-refractivity contribution in [2.75, 3.05) is 17.2 Å². The van der Waals surface area contributed by atoms with E-state index in [9.17, 15) is 0 Å². The predicted molar refractivity (Wildman–Crippen MR) is 119 cm³/mol. The summed E-state index contributed by atoms with van der Waals surface area (Å²) in [5.74, 6) is 0. The average Bonchev–Trinajstić information content (AvgIpc) is 2.95. The number of benzene rings is 2. The molecule has 4 rings (SSSR count). The van der Waals surface area contributed by atoms with E-state index in [1.54, 1.807) is 0 Å². The van der Waals surface area contributed by atoms with Crippen molar-refractivity contribution in [3.05, 3.63) is 125 Å². The summed E-state index contributed by atoms with van der Waals surface area (Å²) in [6.07, 6.45) is 15.4. The van der Waals surface area contributed by atoms with Crippen molar-refractivity contribution in [2.24, 2.45) is 0 Å². The molecular weight excluding hydrogens is 340 g/mol. The first-order valence-electron chi connectivity index (χ1n) is 9.44. The van der Waals surface area contributed by atoms with Gasteiger partial charge in [0.1, 0.15) is 0 Å². The van der Waals surface area contributed by atoms with Gasteiger partial charge in [0.25, 0.3) is 0 Å². The van der Waals surface area contributed by atoms with Gasteiger partial charge in [-0.3, -0.25) is 0 Å². The highest BCUT2D eigenvalue weighted by molar-refractivity contribution is 5.77. The Balaban J connectivity index is 1.79. The van der Waals surface area contributed by atoms with E-state index in [1.165, 1.54) is 17.0 Å². The van der Waals surface area contributed by atoms with Gasteiger partial charge in [0, 0.05) is 35.6 Å². The second-order valence-corrected chi connectivity index (χ2v) is 6.68. The minimum absolute atomic E-state index is 0.766. The van der Waals surface area contributed by atoms with Gasteiger partial charge >= 0.3 is 0 Å². The van der Waals surface area contributed by atoms with Crippen LogP contribution in [0.5, 0.6) is 0 Å². The average molecular weight is 362 g/mol. The molecule has 0 spiro atoms. The third-order valence-corrected chi connectivity index (χ3v) is 4.78. The number of nitrogens with two attached hydrogens (primary N) is 1. The van der Waals surface area contributed by atoms with Crippen LogP contribution in [-0.4, -0.2) is 6.54 Å². The molecule has 2 N–H and O–H groups in total. The van der Waals surface area contributed by atoms with Gasteiger partial charge in [0.2, 0.25) is 0 Å². The van der Waals surface area contributed by atoms with E-state index in [1.807, 2.05) is 42.5 Å². The topological polar surface area (TPSA) is 29.3 Å². The van der Waals surface area contributed by atoms with Crippen LogP contribution >= 0.6 is 0 Å². The monoisotopic (exact) mass is 362 g/mol. The molecule has 0 amide bonds. The molecule has 0 radical (unpaired) electrons. The molecule has 0 unspecified atom stereocenters. The van der Waals surface area contributed by atoms with Crippen LogP contribution in [-0.2, 0) is 0 Å². The largest absolute Gasteiger partial charge is 0.399 e. The van der Waals surface area contributed by atoms with Crippen LogP contribution in [0, 0.1) is 0 Å². The highest BCUT2D eigenvalue weighted by Crippen LogP contribution is 2.28. The van der Waals surface area contributed by atoms with E-state index in [-0.39, 0.29) is 0 Å². The van der Waals surface area contributed by atoms with Crippen molar-refractivity contribution >= 4 is 16.9 Å². The minimum Gasteiger partial charge on any atom is -0.399 e. The minimum atomic E-state index is 0.766. The molecule has 2 nitrogen and oxygen atoms in total. The van der Waals surface area contributed by atoms with Crippen LogP contribution in [0.4, 0.5) is 11.4 Å². The van der Waals surface area contributed by atoms with Crippen LogP contribution in [0.3, 0.4) is 0 Å². The summed E-state index contributed by atoms with van der Waals surface area (Å²) in [7, 11) is 0. The van der Waals surface area contributed by atoms with Crippen molar-refractivity contribution in [2.45, 2.75) is 6.42 Å². The highest BCUT2D eigenvalue weighted by atomic mass is 15.1. The first-order valence-corrected chi connectivity index (χ1v) is 9.44. The Morgan fingerprint density at radius 1 is 0.929 bits per heavy atom. The maximum atomic E-state index is 5.84. The second-order valence-electron chi connectivity index (χ2n) is 6.68. The molecule has 2 aromatic rings. The standard InChI is InChI=1S/C26H22N2/c27-24-17-14-22(15-18-24)21-12-13-23-9-5-2-1-3-8-20-28(26(23)19-16-21)25-10-6-4-7-11-25/h1,3-8,10-11,13-19H,9,20,27H2/b8-3-. The van der Waals surface area contributed by atoms with Gasteiger partial charge in [-0.25, -0.2) is 0 Å². The summed E-state index contributed by atoms with van der Waals surface area (Å²) < 4.78 is 0. The van der Waals surface area contributed by atoms with Crippen molar-refractivity contribution in [3.8, 4) is 0 Å². The number of anilines is 2. The molecule has 1 aliphatic heterocycles. The van der Waals surface area contributed by atoms with E-state index in [4.69, 9.17) is 5.73 Å². The predicted octanol–water partition coefficient (Wildman–Crippen LogP) is 5.81. The van der Waals surface area contributed by atoms with Crippen LogP contribution in [0.25, 0.3) is 5.57 Å². The summed E-state index contributed by atoms with van der Waals surface area (Å²) in [5, 5.41) is 0. The summed E-state index contributed by atoms with van der Waals surface area (Å²) in [5.41, 5.74) is 19.0. The fourth-order valence-electron chi connectivity index (χ4n) is 3.30. The number of rotatable bonds is 2. The van der Waals surface area contributed by atoms with Crippen LogP contribution in [0.1, 0.15) is 12.0 Å². The molecule has 136 valence electrons. The number of hydrogen-bond acceptors (Lipinski definition) is 2. The number of para-hydroxylation sites is 1. The Kier molecular flexibility index (Phi) is 5.26. The summed E-state index contributed by atoms with van der Waals surface area (Å²) in [4.78, 5) is 2.33. The second kappa shape index (κ2) is 8.33. The third kappa shape index (κ3) is 4.00. The first-order chi connectivity index (χ1) is 13.8. The van der Waals surface area contributed by atoms with Crippen molar-refractivity contribution < 1.29 is 0 Å². The van der Waals surface area contributed by atoms with Gasteiger partial charge in [-0.05, 0) is 65.8 Å². The third-order valence-electron chi connectivity index (χ3n) is 4.78. The van der Waals surface area contributed by atoms with E-state index in [0.29, 0.717) is 0 Å². The maximum Gasteiger partial charge on any atom is 0.0456 e. The fourth-order valence-corrected chi connectivity index (χ4v) is 3.30. The van der Waals surface area contributed by atoms with Gasteiger partial charge in [0.15, 0.2) is 0 Å². The number of allylic oxidation sites excluding steroid dienone is 6. The lowest BCUT2D eigenvalue weighted by atomic mass is 10.1. The van der Waals surface area contributed by atoms with Gasteiger partial charge in [-0.2, -0.15) is 0 Å². The molecule has 0 bridgehead atoms. The zero-order chi connectivity index (χ0) is 19.2. The van der Waals surface area contributed by atoms with E-state index >= 15 is 0 Å². The molecule has 0 saturated carbocycles. The quantitative estimate of drug-likeness (QED) is 0.540. The lowest BCUT2D eigenvalue weighted by Gasteiger charge is -2.26.